The van der Waals surface area contributed by atoms with Gasteiger partial charge in [0.25, 0.3) is 0 Å². The highest BCUT2D eigenvalue weighted by atomic mass is 16.1. The Hall–Kier alpha value is -1.90. The number of carbonyl (C=O) groups excluding carboxylic acids is 1. The van der Waals surface area contributed by atoms with Gasteiger partial charge in [-0.2, -0.15) is 0 Å². The van der Waals surface area contributed by atoms with Crippen molar-refractivity contribution in [3.05, 3.63) is 41.1 Å². The monoisotopic (exact) mass is 362 g/mol. The van der Waals surface area contributed by atoms with Crippen molar-refractivity contribution in [1.29, 1.82) is 0 Å². The molecule has 1 heterocycles. The quantitative estimate of drug-likeness (QED) is 0.854. The molecule has 3 nitrogen and oxygen atoms in total. The summed E-state index contributed by atoms with van der Waals surface area (Å²) in [5.74, 6) is 2.96. The van der Waals surface area contributed by atoms with E-state index in [-0.39, 0.29) is 5.91 Å². The third kappa shape index (κ3) is 3.05. The molecule has 0 atom stereocenters. The predicted octanol–water partition coefficient (Wildman–Crippen LogP) is 4.73. The molecular weight excluding hydrogens is 332 g/mol. The Morgan fingerprint density at radius 3 is 2.37 bits per heavy atom. The van der Waals surface area contributed by atoms with Gasteiger partial charge in [0.05, 0.1) is 11.9 Å². The first-order valence-electron chi connectivity index (χ1n) is 10.6. The first-order valence-corrected chi connectivity index (χ1v) is 10.6. The molecule has 4 bridgehead atoms. The van der Waals surface area contributed by atoms with E-state index in [4.69, 9.17) is 4.98 Å². The van der Waals surface area contributed by atoms with Crippen molar-refractivity contribution < 1.29 is 4.79 Å². The van der Waals surface area contributed by atoms with Crippen LogP contribution in [0, 0.1) is 37.0 Å². The van der Waals surface area contributed by atoms with Crippen molar-refractivity contribution in [2.24, 2.45) is 23.2 Å². The molecule has 27 heavy (non-hydrogen) atoms. The van der Waals surface area contributed by atoms with Crippen LogP contribution in [-0.2, 0) is 11.2 Å². The second-order valence-electron chi connectivity index (χ2n) is 9.69. The molecule has 4 fully saturated rings. The fraction of sp³-hybridized carbons (Fsp3) is 0.583. The number of pyridine rings is 1. The summed E-state index contributed by atoms with van der Waals surface area (Å²) < 4.78 is 0. The minimum Gasteiger partial charge on any atom is -0.355 e. The molecule has 1 N–H and O–H groups in total. The Morgan fingerprint density at radius 2 is 1.70 bits per heavy atom. The van der Waals surface area contributed by atoms with Gasteiger partial charge < -0.3 is 5.32 Å². The van der Waals surface area contributed by atoms with Gasteiger partial charge >= 0.3 is 0 Å². The van der Waals surface area contributed by atoms with Gasteiger partial charge in [0.15, 0.2) is 0 Å². The van der Waals surface area contributed by atoms with E-state index in [1.54, 1.807) is 0 Å². The van der Waals surface area contributed by atoms with Crippen LogP contribution in [0.4, 0.5) is 0 Å². The van der Waals surface area contributed by atoms with Crippen LogP contribution >= 0.6 is 0 Å². The lowest BCUT2D eigenvalue weighted by Gasteiger charge is -2.56. The summed E-state index contributed by atoms with van der Waals surface area (Å²) in [6.45, 7) is 5.04. The van der Waals surface area contributed by atoms with Gasteiger partial charge in [-0.3, -0.25) is 9.78 Å². The maximum absolute atomic E-state index is 12.8. The Balaban J connectivity index is 1.30. The van der Waals surface area contributed by atoms with E-state index in [2.05, 4.69) is 18.3 Å². The van der Waals surface area contributed by atoms with Crippen LogP contribution in [0.1, 0.15) is 55.3 Å². The molecule has 142 valence electrons. The number of rotatable bonds is 4. The second kappa shape index (κ2) is 6.32. The summed E-state index contributed by atoms with van der Waals surface area (Å²) in [5, 5.41) is 4.48. The van der Waals surface area contributed by atoms with Gasteiger partial charge in [-0.15, -0.1) is 0 Å². The SMILES string of the molecule is Cc1nc2ccccc2c(C)c1CC(=O)NCC12CC3CC(CC(C3)C1)C2. The molecule has 1 aromatic carbocycles. The van der Waals surface area contributed by atoms with Gasteiger partial charge in [0.1, 0.15) is 0 Å². The van der Waals surface area contributed by atoms with Gasteiger partial charge in [-0.1, -0.05) is 18.2 Å². The predicted molar refractivity (Wildman–Crippen MR) is 109 cm³/mol. The minimum atomic E-state index is 0.161. The molecule has 0 radical (unpaired) electrons. The molecule has 0 unspecified atom stereocenters. The Labute approximate surface area is 162 Å². The standard InChI is InChI=1S/C24H30N2O/c1-15-20-5-3-4-6-22(20)26-16(2)21(15)10-23(27)25-14-24-11-17-7-18(12-24)9-19(8-17)13-24/h3-6,17-19H,7-14H2,1-2H3,(H,25,27). The molecule has 4 aliphatic carbocycles. The van der Waals surface area contributed by atoms with Crippen LogP contribution in [0.5, 0.6) is 0 Å². The van der Waals surface area contributed by atoms with Gasteiger partial charge in [0, 0.05) is 17.6 Å². The fourth-order valence-electron chi connectivity index (χ4n) is 6.85. The number of hydrogen-bond acceptors (Lipinski definition) is 2. The summed E-state index contributed by atoms with van der Waals surface area (Å²) >= 11 is 0. The van der Waals surface area contributed by atoms with Crippen molar-refractivity contribution in [2.45, 2.75) is 58.8 Å². The molecule has 4 saturated carbocycles. The highest BCUT2D eigenvalue weighted by Crippen LogP contribution is 2.59. The number of aromatic nitrogens is 1. The molecule has 0 spiro atoms. The normalized spacial score (nSPS) is 31.4. The summed E-state index contributed by atoms with van der Waals surface area (Å²) in [4.78, 5) is 17.5. The second-order valence-corrected chi connectivity index (χ2v) is 9.69. The molecule has 2 aromatic rings. The third-order valence-electron chi connectivity index (χ3n) is 7.65. The zero-order chi connectivity index (χ0) is 18.6. The number of carbonyl (C=O) groups is 1. The summed E-state index contributed by atoms with van der Waals surface area (Å²) in [6.07, 6.45) is 8.83. The van der Waals surface area contributed by atoms with E-state index in [1.807, 2.05) is 25.1 Å². The molecule has 1 aromatic heterocycles. The molecule has 3 heteroatoms. The molecular formula is C24H30N2O. The lowest BCUT2D eigenvalue weighted by atomic mass is 9.49. The number of nitrogens with one attached hydrogen (secondary N) is 1. The highest BCUT2D eigenvalue weighted by molar-refractivity contribution is 5.86. The van der Waals surface area contributed by atoms with E-state index >= 15 is 0 Å². The average molecular weight is 363 g/mol. The molecule has 4 aliphatic rings. The van der Waals surface area contributed by atoms with Gasteiger partial charge in [0.2, 0.25) is 5.91 Å². The molecule has 0 aliphatic heterocycles. The van der Waals surface area contributed by atoms with Crippen LogP contribution in [-0.4, -0.2) is 17.4 Å². The lowest BCUT2D eigenvalue weighted by molar-refractivity contribution is -0.122. The van der Waals surface area contributed by atoms with E-state index in [0.29, 0.717) is 11.8 Å². The van der Waals surface area contributed by atoms with Gasteiger partial charge in [-0.05, 0) is 92.7 Å². The summed E-state index contributed by atoms with van der Waals surface area (Å²) in [7, 11) is 0. The van der Waals surface area contributed by atoms with E-state index in [9.17, 15) is 4.79 Å². The highest BCUT2D eigenvalue weighted by Gasteiger charge is 2.50. The summed E-state index contributed by atoms with van der Waals surface area (Å²) in [5.41, 5.74) is 4.69. The van der Waals surface area contributed by atoms with Crippen LogP contribution in [0.2, 0.25) is 0 Å². The Kier molecular flexibility index (Phi) is 4.03. The van der Waals surface area contributed by atoms with Crippen molar-refractivity contribution in [2.75, 3.05) is 6.54 Å². The number of aryl methyl sites for hydroxylation is 2. The van der Waals surface area contributed by atoms with Crippen molar-refractivity contribution in [3.63, 3.8) is 0 Å². The molecule has 0 saturated heterocycles. The van der Waals surface area contributed by atoms with Crippen LogP contribution < -0.4 is 5.32 Å². The van der Waals surface area contributed by atoms with Crippen LogP contribution in [0.25, 0.3) is 10.9 Å². The van der Waals surface area contributed by atoms with Crippen molar-refractivity contribution in [1.82, 2.24) is 10.3 Å². The van der Waals surface area contributed by atoms with E-state index < -0.39 is 0 Å². The zero-order valence-corrected chi connectivity index (χ0v) is 16.6. The number of benzene rings is 1. The van der Waals surface area contributed by atoms with Crippen LogP contribution in [0.3, 0.4) is 0 Å². The Bertz CT molecular complexity index is 865. The Morgan fingerprint density at radius 1 is 1.07 bits per heavy atom. The van der Waals surface area contributed by atoms with Gasteiger partial charge in [-0.25, -0.2) is 0 Å². The topological polar surface area (TPSA) is 42.0 Å². The van der Waals surface area contributed by atoms with Crippen molar-refractivity contribution >= 4 is 16.8 Å². The fourth-order valence-corrected chi connectivity index (χ4v) is 6.85. The maximum Gasteiger partial charge on any atom is 0.224 e. The number of fused-ring (bicyclic) bond motifs is 1. The van der Waals surface area contributed by atoms with Crippen molar-refractivity contribution in [3.8, 4) is 0 Å². The number of hydrogen-bond donors (Lipinski definition) is 1. The molecule has 1 amide bonds. The summed E-state index contributed by atoms with van der Waals surface area (Å²) in [6, 6.07) is 8.22. The first-order chi connectivity index (χ1) is 13.0. The number of para-hydroxylation sites is 1. The minimum absolute atomic E-state index is 0.161. The van der Waals surface area contributed by atoms with Crippen LogP contribution in [0.15, 0.2) is 24.3 Å². The van der Waals surface area contributed by atoms with E-state index in [0.717, 1.165) is 46.5 Å². The van der Waals surface area contributed by atoms with E-state index in [1.165, 1.54) is 44.1 Å². The number of nitrogens with zero attached hydrogens (tertiary/aromatic N) is 1. The lowest BCUT2D eigenvalue weighted by Crippen LogP contribution is -2.51. The first kappa shape index (κ1) is 17.2. The smallest absolute Gasteiger partial charge is 0.224 e. The zero-order valence-electron chi connectivity index (χ0n) is 16.6. The largest absolute Gasteiger partial charge is 0.355 e. The number of amides is 1. The molecule has 6 rings (SSSR count). The average Bonchev–Trinajstić information content (AvgIpc) is 2.62. The third-order valence-corrected chi connectivity index (χ3v) is 7.65. The maximum atomic E-state index is 12.8.